The van der Waals surface area contributed by atoms with E-state index in [2.05, 4.69) is 38.1 Å². The molecule has 3 heteroatoms. The minimum absolute atomic E-state index is 0.646. The van der Waals surface area contributed by atoms with Crippen molar-refractivity contribution in [3.8, 4) is 0 Å². The summed E-state index contributed by atoms with van der Waals surface area (Å²) in [6.07, 6.45) is 8.34. The standard InChI is InChI=1S/C14H17BrN2/c15-13-4-12(5-16-6-13)14-11-2-9-1-10(3-11)8-17(14)7-9/h4-6,9-11,14H,1-3,7-8H2. The maximum atomic E-state index is 4.34. The Morgan fingerprint density at radius 1 is 1.12 bits per heavy atom. The molecule has 0 N–H and O–H groups in total. The van der Waals surface area contributed by atoms with Crippen molar-refractivity contribution in [2.24, 2.45) is 17.8 Å². The Bertz CT molecular complexity index is 418. The second kappa shape index (κ2) is 3.79. The van der Waals surface area contributed by atoms with Crippen LogP contribution < -0.4 is 0 Å². The molecule has 1 aliphatic carbocycles. The van der Waals surface area contributed by atoms with Crippen LogP contribution in [0.25, 0.3) is 0 Å². The second-order valence-electron chi connectivity index (χ2n) is 6.03. The van der Waals surface area contributed by atoms with Gasteiger partial charge in [0.2, 0.25) is 0 Å². The van der Waals surface area contributed by atoms with Gasteiger partial charge in [0, 0.05) is 36.0 Å². The molecule has 1 aromatic rings. The molecule has 5 rings (SSSR count). The highest BCUT2D eigenvalue weighted by Crippen LogP contribution is 2.52. The van der Waals surface area contributed by atoms with Gasteiger partial charge in [-0.1, -0.05) is 0 Å². The highest BCUT2D eigenvalue weighted by molar-refractivity contribution is 9.10. The number of pyridine rings is 1. The number of hydrogen-bond donors (Lipinski definition) is 0. The molecule has 3 atom stereocenters. The lowest BCUT2D eigenvalue weighted by Crippen LogP contribution is -2.54. The quantitative estimate of drug-likeness (QED) is 0.790. The van der Waals surface area contributed by atoms with Gasteiger partial charge in [0.25, 0.3) is 0 Å². The van der Waals surface area contributed by atoms with Crippen LogP contribution in [0, 0.1) is 17.8 Å². The van der Waals surface area contributed by atoms with Crippen LogP contribution in [-0.4, -0.2) is 23.0 Å². The molecule has 0 radical (unpaired) electrons. The predicted molar refractivity (Wildman–Crippen MR) is 70.6 cm³/mol. The van der Waals surface area contributed by atoms with Crippen LogP contribution in [0.2, 0.25) is 0 Å². The Kier molecular flexibility index (Phi) is 2.34. The summed E-state index contributed by atoms with van der Waals surface area (Å²) < 4.78 is 1.12. The van der Waals surface area contributed by atoms with Crippen molar-refractivity contribution in [2.45, 2.75) is 25.3 Å². The van der Waals surface area contributed by atoms with E-state index in [1.165, 1.54) is 37.9 Å². The largest absolute Gasteiger partial charge is 0.295 e. The summed E-state index contributed by atoms with van der Waals surface area (Å²) in [6, 6.07) is 2.91. The van der Waals surface area contributed by atoms with Crippen molar-refractivity contribution >= 4 is 15.9 Å². The van der Waals surface area contributed by atoms with Crippen LogP contribution in [0.15, 0.2) is 22.9 Å². The van der Waals surface area contributed by atoms with E-state index in [9.17, 15) is 0 Å². The lowest BCUT2D eigenvalue weighted by atomic mass is 9.64. The normalized spacial score (nSPS) is 43.0. The van der Waals surface area contributed by atoms with Gasteiger partial charge >= 0.3 is 0 Å². The molecule has 3 aliphatic heterocycles. The van der Waals surface area contributed by atoms with Gasteiger partial charge in [-0.3, -0.25) is 9.88 Å². The topological polar surface area (TPSA) is 16.1 Å². The van der Waals surface area contributed by atoms with Gasteiger partial charge in [-0.05, 0) is 64.6 Å². The number of hydrogen-bond acceptors (Lipinski definition) is 2. The van der Waals surface area contributed by atoms with E-state index in [1.54, 1.807) is 0 Å². The first-order valence-electron chi connectivity index (χ1n) is 6.64. The molecule has 1 saturated carbocycles. The van der Waals surface area contributed by atoms with Crippen LogP contribution in [0.5, 0.6) is 0 Å². The van der Waals surface area contributed by atoms with Crippen LogP contribution in [0.3, 0.4) is 0 Å². The highest BCUT2D eigenvalue weighted by atomic mass is 79.9. The van der Waals surface area contributed by atoms with E-state index in [0.717, 1.165) is 22.2 Å². The molecule has 4 heterocycles. The van der Waals surface area contributed by atoms with Crippen molar-refractivity contribution in [2.75, 3.05) is 13.1 Å². The Hall–Kier alpha value is -0.410. The van der Waals surface area contributed by atoms with Crippen LogP contribution in [0.4, 0.5) is 0 Å². The van der Waals surface area contributed by atoms with Crippen molar-refractivity contribution < 1.29 is 0 Å². The van der Waals surface area contributed by atoms with Gasteiger partial charge in [-0.15, -0.1) is 0 Å². The fourth-order valence-corrected chi connectivity index (χ4v) is 4.89. The van der Waals surface area contributed by atoms with Gasteiger partial charge in [0.05, 0.1) is 0 Å². The highest BCUT2D eigenvalue weighted by Gasteiger charge is 2.47. The maximum absolute atomic E-state index is 4.34. The number of piperidine rings is 3. The summed E-state index contributed by atoms with van der Waals surface area (Å²) in [5.74, 6) is 2.87. The number of halogens is 1. The fourth-order valence-electron chi connectivity index (χ4n) is 4.51. The van der Waals surface area contributed by atoms with Crippen molar-refractivity contribution in [3.63, 3.8) is 0 Å². The molecule has 1 aromatic heterocycles. The molecule has 17 heavy (non-hydrogen) atoms. The summed E-state index contributed by atoms with van der Waals surface area (Å²) in [7, 11) is 0. The summed E-state index contributed by atoms with van der Waals surface area (Å²) in [6.45, 7) is 2.65. The zero-order valence-electron chi connectivity index (χ0n) is 9.85. The zero-order chi connectivity index (χ0) is 11.4. The van der Waals surface area contributed by atoms with Gasteiger partial charge in [-0.2, -0.15) is 0 Å². The van der Waals surface area contributed by atoms with E-state index >= 15 is 0 Å². The Morgan fingerprint density at radius 2 is 1.88 bits per heavy atom. The van der Waals surface area contributed by atoms with Gasteiger partial charge in [-0.25, -0.2) is 0 Å². The van der Waals surface area contributed by atoms with Gasteiger partial charge < -0.3 is 0 Å². The lowest BCUT2D eigenvalue weighted by molar-refractivity contribution is -0.0663. The fraction of sp³-hybridized carbons (Fsp3) is 0.643. The third-order valence-corrected chi connectivity index (χ3v) is 5.27. The van der Waals surface area contributed by atoms with Crippen molar-refractivity contribution in [3.05, 3.63) is 28.5 Å². The monoisotopic (exact) mass is 292 g/mol. The maximum Gasteiger partial charge on any atom is 0.0410 e. The molecule has 3 saturated heterocycles. The first-order chi connectivity index (χ1) is 8.29. The molecule has 4 bridgehead atoms. The minimum atomic E-state index is 0.646. The molecule has 2 nitrogen and oxygen atoms in total. The average molecular weight is 293 g/mol. The summed E-state index contributed by atoms with van der Waals surface area (Å²) in [4.78, 5) is 7.07. The number of nitrogens with zero attached hydrogens (tertiary/aromatic N) is 2. The van der Waals surface area contributed by atoms with Crippen LogP contribution in [-0.2, 0) is 0 Å². The van der Waals surface area contributed by atoms with Crippen molar-refractivity contribution in [1.29, 1.82) is 0 Å². The second-order valence-corrected chi connectivity index (χ2v) is 6.95. The van der Waals surface area contributed by atoms with Gasteiger partial charge in [0.1, 0.15) is 0 Å². The Balaban J connectivity index is 1.70. The third-order valence-electron chi connectivity index (χ3n) is 4.83. The van der Waals surface area contributed by atoms with E-state index in [1.807, 2.05) is 6.20 Å². The molecule has 4 aliphatic rings. The smallest absolute Gasteiger partial charge is 0.0410 e. The number of aromatic nitrogens is 1. The summed E-state index contributed by atoms with van der Waals surface area (Å²) >= 11 is 3.55. The third kappa shape index (κ3) is 1.66. The van der Waals surface area contributed by atoms with Crippen LogP contribution in [0.1, 0.15) is 30.9 Å². The molecule has 0 spiro atoms. The molecule has 4 fully saturated rings. The summed E-state index contributed by atoms with van der Waals surface area (Å²) in [5.41, 5.74) is 1.42. The van der Waals surface area contributed by atoms with Crippen LogP contribution >= 0.6 is 15.9 Å². The molecular formula is C14H17BrN2. The first-order valence-corrected chi connectivity index (χ1v) is 7.43. The molecule has 3 unspecified atom stereocenters. The number of rotatable bonds is 1. The molecule has 90 valence electrons. The van der Waals surface area contributed by atoms with E-state index < -0.39 is 0 Å². The Labute approximate surface area is 111 Å². The van der Waals surface area contributed by atoms with E-state index in [4.69, 9.17) is 0 Å². The summed E-state index contributed by atoms with van der Waals surface area (Å²) in [5, 5.41) is 0. The zero-order valence-corrected chi connectivity index (χ0v) is 11.4. The minimum Gasteiger partial charge on any atom is -0.295 e. The van der Waals surface area contributed by atoms with E-state index in [0.29, 0.717) is 6.04 Å². The SMILES string of the molecule is Brc1cncc(C2C3CC4CC(C3)CN2C4)c1. The molecule has 0 amide bonds. The first kappa shape index (κ1) is 10.5. The molecular weight excluding hydrogens is 276 g/mol. The average Bonchev–Trinajstić information content (AvgIpc) is 2.27. The van der Waals surface area contributed by atoms with Gasteiger partial charge in [0.15, 0.2) is 0 Å². The van der Waals surface area contributed by atoms with E-state index in [-0.39, 0.29) is 0 Å². The van der Waals surface area contributed by atoms with Crippen molar-refractivity contribution in [1.82, 2.24) is 9.88 Å². The Morgan fingerprint density at radius 3 is 2.53 bits per heavy atom. The predicted octanol–water partition coefficient (Wildman–Crippen LogP) is 3.25. The molecule has 0 aromatic carbocycles. The lowest BCUT2D eigenvalue weighted by Gasteiger charge is -2.56.